The van der Waals surface area contributed by atoms with E-state index < -0.39 is 18.0 Å². The van der Waals surface area contributed by atoms with Gasteiger partial charge < -0.3 is 10.6 Å². The summed E-state index contributed by atoms with van der Waals surface area (Å²) >= 11 is 0. The monoisotopic (exact) mass is 187 g/mol. The van der Waals surface area contributed by atoms with Crippen LogP contribution in [0.4, 0.5) is 4.79 Å². The largest absolute Gasteiger partial charge is 0.368 e. The Hall–Kier alpha value is -1.30. The van der Waals surface area contributed by atoms with Gasteiger partial charge in [-0.25, -0.2) is 10.3 Å². The van der Waals surface area contributed by atoms with Crippen molar-refractivity contribution >= 4 is 11.9 Å². The molecule has 1 fully saturated rings. The summed E-state index contributed by atoms with van der Waals surface area (Å²) in [5.74, 6) is -0.525. The first-order valence-corrected chi connectivity index (χ1v) is 4.17. The Morgan fingerprint density at radius 2 is 2.15 bits per heavy atom. The number of urea groups is 1. The van der Waals surface area contributed by atoms with E-state index in [-0.39, 0.29) is 0 Å². The van der Waals surface area contributed by atoms with Crippen molar-refractivity contribution in [1.82, 2.24) is 10.4 Å². The number of amides is 3. The maximum Gasteiger partial charge on any atom is 0.341 e. The average molecular weight is 187 g/mol. The van der Waals surface area contributed by atoms with E-state index in [4.69, 9.17) is 10.9 Å². The summed E-state index contributed by atoms with van der Waals surface area (Å²) in [5, 5.41) is 8.39. The zero-order chi connectivity index (χ0) is 9.84. The number of carbonyl (C=O) groups excluding carboxylic acids is 2. The van der Waals surface area contributed by atoms with Crippen LogP contribution in [0.3, 0.4) is 0 Å². The van der Waals surface area contributed by atoms with Gasteiger partial charge in [0.05, 0.1) is 0 Å². The molecule has 0 aromatic rings. The smallest absolute Gasteiger partial charge is 0.341 e. The highest BCUT2D eigenvalue weighted by Gasteiger charge is 2.30. The van der Waals surface area contributed by atoms with Crippen molar-refractivity contribution in [2.45, 2.75) is 25.3 Å². The summed E-state index contributed by atoms with van der Waals surface area (Å²) < 4.78 is 0. The maximum atomic E-state index is 11.0. The molecule has 1 atom stereocenters. The number of piperidine rings is 1. The summed E-state index contributed by atoms with van der Waals surface area (Å²) in [4.78, 5) is 23.2. The molecule has 6 nitrogen and oxygen atoms in total. The normalized spacial score (nSPS) is 22.5. The standard InChI is InChI=1S/C7H13N3O3/c8-6(11)5-3-1-2-4-10(5)7(12)9-13/h5,13H,1-4H2,(H2,8,11)(H,9,12)/t5-/m1/s1. The second kappa shape index (κ2) is 4.08. The van der Waals surface area contributed by atoms with Crippen LogP contribution >= 0.6 is 0 Å². The molecule has 3 amide bonds. The molecule has 0 spiro atoms. The third-order valence-electron chi connectivity index (χ3n) is 2.19. The minimum atomic E-state index is -0.663. The second-order valence-corrected chi connectivity index (χ2v) is 3.02. The first-order chi connectivity index (χ1) is 6.16. The summed E-state index contributed by atoms with van der Waals surface area (Å²) in [6, 6.07) is -1.25. The number of hydrogen-bond acceptors (Lipinski definition) is 3. The number of primary amides is 1. The minimum Gasteiger partial charge on any atom is -0.368 e. The van der Waals surface area contributed by atoms with Gasteiger partial charge in [0.2, 0.25) is 5.91 Å². The molecule has 74 valence electrons. The van der Waals surface area contributed by atoms with Crippen molar-refractivity contribution in [2.24, 2.45) is 5.73 Å². The van der Waals surface area contributed by atoms with Crippen molar-refractivity contribution < 1.29 is 14.8 Å². The van der Waals surface area contributed by atoms with E-state index in [1.54, 1.807) is 0 Å². The summed E-state index contributed by atoms with van der Waals surface area (Å²) in [6.07, 6.45) is 2.28. The van der Waals surface area contributed by atoms with Crippen LogP contribution in [-0.2, 0) is 4.79 Å². The third kappa shape index (κ3) is 2.09. The van der Waals surface area contributed by atoms with Crippen LogP contribution in [0, 0.1) is 0 Å². The molecule has 0 unspecified atom stereocenters. The van der Waals surface area contributed by atoms with Crippen LogP contribution in [-0.4, -0.2) is 34.6 Å². The lowest BCUT2D eigenvalue weighted by Crippen LogP contribution is -2.53. The Labute approximate surface area is 75.6 Å². The van der Waals surface area contributed by atoms with E-state index in [9.17, 15) is 9.59 Å². The number of carbonyl (C=O) groups is 2. The molecule has 0 aliphatic carbocycles. The molecule has 1 saturated heterocycles. The van der Waals surface area contributed by atoms with Crippen LogP contribution < -0.4 is 11.2 Å². The molecule has 1 rings (SSSR count). The first-order valence-electron chi connectivity index (χ1n) is 4.17. The van der Waals surface area contributed by atoms with Crippen LogP contribution in [0.1, 0.15) is 19.3 Å². The Kier molecular flexibility index (Phi) is 3.07. The van der Waals surface area contributed by atoms with Gasteiger partial charge in [-0.3, -0.25) is 10.0 Å². The van der Waals surface area contributed by atoms with Gasteiger partial charge in [0, 0.05) is 6.54 Å². The Morgan fingerprint density at radius 1 is 1.46 bits per heavy atom. The van der Waals surface area contributed by atoms with Crippen LogP contribution in [0.5, 0.6) is 0 Å². The number of likely N-dealkylation sites (tertiary alicyclic amines) is 1. The van der Waals surface area contributed by atoms with E-state index in [2.05, 4.69) is 0 Å². The quantitative estimate of drug-likeness (QED) is 0.378. The SMILES string of the molecule is NC(=O)[C@H]1CCCCN1C(=O)NO. The zero-order valence-electron chi connectivity index (χ0n) is 7.19. The molecular formula is C7H13N3O3. The van der Waals surface area contributed by atoms with E-state index in [1.165, 1.54) is 10.4 Å². The van der Waals surface area contributed by atoms with Gasteiger partial charge in [-0.1, -0.05) is 0 Å². The molecular weight excluding hydrogens is 174 g/mol. The number of nitrogens with two attached hydrogens (primary N) is 1. The molecule has 0 radical (unpaired) electrons. The first kappa shape index (κ1) is 9.79. The number of hydrogen-bond donors (Lipinski definition) is 3. The van der Waals surface area contributed by atoms with Crippen molar-refractivity contribution in [3.8, 4) is 0 Å². The lowest BCUT2D eigenvalue weighted by Gasteiger charge is -2.32. The van der Waals surface area contributed by atoms with Gasteiger partial charge in [-0.05, 0) is 19.3 Å². The summed E-state index contributed by atoms with van der Waals surface area (Å²) in [7, 11) is 0. The average Bonchev–Trinajstić information content (AvgIpc) is 2.16. The minimum absolute atomic E-state index is 0.458. The van der Waals surface area contributed by atoms with E-state index in [0.29, 0.717) is 13.0 Å². The summed E-state index contributed by atoms with van der Waals surface area (Å²) in [6.45, 7) is 0.458. The molecule has 4 N–H and O–H groups in total. The fourth-order valence-electron chi connectivity index (χ4n) is 1.53. The molecule has 0 saturated carbocycles. The number of nitrogens with one attached hydrogen (secondary N) is 1. The van der Waals surface area contributed by atoms with Crippen molar-refractivity contribution in [3.63, 3.8) is 0 Å². The van der Waals surface area contributed by atoms with Gasteiger partial charge in [0.1, 0.15) is 6.04 Å². The summed E-state index contributed by atoms with van der Waals surface area (Å²) in [5.41, 5.74) is 6.61. The lowest BCUT2D eigenvalue weighted by molar-refractivity contribution is -0.123. The highest BCUT2D eigenvalue weighted by molar-refractivity contribution is 5.85. The highest BCUT2D eigenvalue weighted by atomic mass is 16.5. The Morgan fingerprint density at radius 3 is 2.69 bits per heavy atom. The molecule has 0 aromatic heterocycles. The fraction of sp³-hybridized carbons (Fsp3) is 0.714. The van der Waals surface area contributed by atoms with Gasteiger partial charge in [0.15, 0.2) is 0 Å². The molecule has 13 heavy (non-hydrogen) atoms. The highest BCUT2D eigenvalue weighted by Crippen LogP contribution is 2.16. The van der Waals surface area contributed by atoms with Crippen molar-refractivity contribution in [1.29, 1.82) is 0 Å². The maximum absolute atomic E-state index is 11.0. The second-order valence-electron chi connectivity index (χ2n) is 3.02. The Balaban J connectivity index is 2.67. The van der Waals surface area contributed by atoms with Crippen LogP contribution in [0.25, 0.3) is 0 Å². The van der Waals surface area contributed by atoms with Gasteiger partial charge >= 0.3 is 6.03 Å². The van der Waals surface area contributed by atoms with Crippen molar-refractivity contribution in [2.75, 3.05) is 6.54 Å². The number of nitrogens with zero attached hydrogens (tertiary/aromatic N) is 1. The number of rotatable bonds is 1. The van der Waals surface area contributed by atoms with Crippen LogP contribution in [0.15, 0.2) is 0 Å². The predicted molar refractivity (Wildman–Crippen MR) is 43.9 cm³/mol. The van der Waals surface area contributed by atoms with Gasteiger partial charge in [0.25, 0.3) is 0 Å². The molecule has 1 heterocycles. The van der Waals surface area contributed by atoms with E-state index in [1.807, 2.05) is 0 Å². The molecule has 6 heteroatoms. The van der Waals surface area contributed by atoms with E-state index in [0.717, 1.165) is 12.8 Å². The third-order valence-corrected chi connectivity index (χ3v) is 2.19. The van der Waals surface area contributed by atoms with Crippen molar-refractivity contribution in [3.05, 3.63) is 0 Å². The van der Waals surface area contributed by atoms with Gasteiger partial charge in [-0.15, -0.1) is 0 Å². The topological polar surface area (TPSA) is 95.7 Å². The van der Waals surface area contributed by atoms with Crippen LogP contribution in [0.2, 0.25) is 0 Å². The molecule has 1 aliphatic rings. The van der Waals surface area contributed by atoms with E-state index >= 15 is 0 Å². The zero-order valence-corrected chi connectivity index (χ0v) is 7.19. The lowest BCUT2D eigenvalue weighted by atomic mass is 10.0. The Bertz CT molecular complexity index is 219. The molecule has 0 bridgehead atoms. The van der Waals surface area contributed by atoms with Gasteiger partial charge in [-0.2, -0.15) is 0 Å². The number of hydroxylamine groups is 1. The molecule has 0 aromatic carbocycles. The predicted octanol–water partition coefficient (Wildman–Crippen LogP) is -0.575. The fourth-order valence-corrected chi connectivity index (χ4v) is 1.53. The molecule has 1 aliphatic heterocycles.